The molecule has 3 unspecified atom stereocenters. The summed E-state index contributed by atoms with van der Waals surface area (Å²) in [4.78, 5) is 24.1. The lowest BCUT2D eigenvalue weighted by atomic mass is 9.69. The number of halogens is 1. The van der Waals surface area contributed by atoms with Gasteiger partial charge in [0.25, 0.3) is 5.91 Å². The van der Waals surface area contributed by atoms with Crippen molar-refractivity contribution in [1.29, 1.82) is 0 Å². The molecule has 0 spiro atoms. The predicted octanol–water partition coefficient (Wildman–Crippen LogP) is 2.35. The number of fused-ring (bicyclic) bond motifs is 1. The Labute approximate surface area is 178 Å². The molecule has 0 radical (unpaired) electrons. The van der Waals surface area contributed by atoms with Gasteiger partial charge in [0.15, 0.2) is 5.96 Å². The van der Waals surface area contributed by atoms with Crippen LogP contribution in [0.15, 0.2) is 23.6 Å². The lowest BCUT2D eigenvalue weighted by molar-refractivity contribution is 0.0949. The standard InChI is InChI=1S/C19H30N6O.HI/c1-20-19(24-11-10-23-18(26)17-13-21-8-9-22-17)25-16-7-6-14-4-2-3-5-15(14)12-16;/h8-9,13-16H,2-7,10-12H2,1H3,(H,23,26)(H2,20,24,25);1H. The Morgan fingerprint density at radius 2 is 1.89 bits per heavy atom. The van der Waals surface area contributed by atoms with Crippen LogP contribution < -0.4 is 16.0 Å². The number of aliphatic imine (C=N–C) groups is 1. The van der Waals surface area contributed by atoms with Crippen LogP contribution >= 0.6 is 24.0 Å². The second kappa shape index (κ2) is 11.4. The summed E-state index contributed by atoms with van der Waals surface area (Å²) in [6.45, 7) is 1.12. The van der Waals surface area contributed by atoms with E-state index in [4.69, 9.17) is 0 Å². The first kappa shape index (κ1) is 21.8. The number of nitrogens with zero attached hydrogens (tertiary/aromatic N) is 3. The summed E-state index contributed by atoms with van der Waals surface area (Å²) in [5, 5.41) is 9.68. The average molecular weight is 486 g/mol. The lowest BCUT2D eigenvalue weighted by Crippen LogP contribution is -2.48. The Balaban J connectivity index is 0.00000261. The van der Waals surface area contributed by atoms with Gasteiger partial charge in [0.2, 0.25) is 0 Å². The molecule has 0 aromatic carbocycles. The van der Waals surface area contributed by atoms with Crippen LogP contribution in [0, 0.1) is 11.8 Å². The number of hydrogen-bond acceptors (Lipinski definition) is 4. The summed E-state index contributed by atoms with van der Waals surface area (Å²) >= 11 is 0. The number of amides is 1. The van der Waals surface area contributed by atoms with Crippen molar-refractivity contribution in [2.24, 2.45) is 16.8 Å². The van der Waals surface area contributed by atoms with E-state index in [1.54, 1.807) is 13.2 Å². The molecule has 27 heavy (non-hydrogen) atoms. The second-order valence-corrected chi connectivity index (χ2v) is 7.30. The van der Waals surface area contributed by atoms with E-state index in [-0.39, 0.29) is 29.9 Å². The summed E-state index contributed by atoms with van der Waals surface area (Å²) in [6, 6.07) is 0.509. The Morgan fingerprint density at radius 3 is 2.63 bits per heavy atom. The number of carbonyl (C=O) groups excluding carboxylic acids is 1. The highest BCUT2D eigenvalue weighted by atomic mass is 127. The molecule has 2 aliphatic carbocycles. The number of nitrogens with one attached hydrogen (secondary N) is 3. The third kappa shape index (κ3) is 6.58. The van der Waals surface area contributed by atoms with Gasteiger partial charge in [-0.15, -0.1) is 24.0 Å². The van der Waals surface area contributed by atoms with Gasteiger partial charge in [-0.1, -0.05) is 25.7 Å². The molecule has 8 heteroatoms. The minimum Gasteiger partial charge on any atom is -0.355 e. The Hall–Kier alpha value is -1.45. The van der Waals surface area contributed by atoms with E-state index in [9.17, 15) is 4.79 Å². The van der Waals surface area contributed by atoms with Crippen molar-refractivity contribution in [1.82, 2.24) is 25.9 Å². The first-order valence-electron chi connectivity index (χ1n) is 9.77. The Morgan fingerprint density at radius 1 is 1.11 bits per heavy atom. The molecule has 0 bridgehead atoms. The summed E-state index contributed by atoms with van der Waals surface area (Å²) in [7, 11) is 1.79. The van der Waals surface area contributed by atoms with Crippen LogP contribution in [0.2, 0.25) is 0 Å². The van der Waals surface area contributed by atoms with Crippen molar-refractivity contribution in [3.8, 4) is 0 Å². The molecule has 1 aromatic heterocycles. The van der Waals surface area contributed by atoms with Gasteiger partial charge in [0.05, 0.1) is 6.20 Å². The molecule has 1 heterocycles. The summed E-state index contributed by atoms with van der Waals surface area (Å²) < 4.78 is 0. The predicted molar refractivity (Wildman–Crippen MR) is 117 cm³/mol. The van der Waals surface area contributed by atoms with Crippen LogP contribution in [-0.4, -0.2) is 48.0 Å². The maximum Gasteiger partial charge on any atom is 0.271 e. The first-order valence-corrected chi connectivity index (χ1v) is 9.77. The van der Waals surface area contributed by atoms with Gasteiger partial charge >= 0.3 is 0 Å². The lowest BCUT2D eigenvalue weighted by Gasteiger charge is -2.39. The number of guanidine groups is 1. The Kier molecular flexibility index (Phi) is 9.23. The fraction of sp³-hybridized carbons (Fsp3) is 0.684. The highest BCUT2D eigenvalue weighted by molar-refractivity contribution is 14.0. The highest BCUT2D eigenvalue weighted by Gasteiger charge is 2.32. The third-order valence-corrected chi connectivity index (χ3v) is 5.60. The van der Waals surface area contributed by atoms with E-state index >= 15 is 0 Å². The smallest absolute Gasteiger partial charge is 0.271 e. The minimum absolute atomic E-state index is 0. The molecular weight excluding hydrogens is 455 g/mol. The summed E-state index contributed by atoms with van der Waals surface area (Å²) in [6.07, 6.45) is 14.0. The SMILES string of the molecule is CN=C(NCCNC(=O)c1cnccn1)NC1CCC2CCCCC2C1.I. The van der Waals surface area contributed by atoms with Gasteiger partial charge in [-0.2, -0.15) is 0 Å². The first-order chi connectivity index (χ1) is 12.8. The van der Waals surface area contributed by atoms with Crippen molar-refractivity contribution >= 4 is 35.8 Å². The maximum absolute atomic E-state index is 11.9. The van der Waals surface area contributed by atoms with E-state index in [2.05, 4.69) is 30.9 Å². The van der Waals surface area contributed by atoms with Crippen molar-refractivity contribution < 1.29 is 4.79 Å². The third-order valence-electron chi connectivity index (χ3n) is 5.60. The largest absolute Gasteiger partial charge is 0.355 e. The highest BCUT2D eigenvalue weighted by Crippen LogP contribution is 2.40. The molecule has 1 aromatic rings. The number of hydrogen-bond donors (Lipinski definition) is 3. The average Bonchev–Trinajstić information content (AvgIpc) is 2.70. The molecule has 3 rings (SSSR count). The van der Waals surface area contributed by atoms with Gasteiger partial charge in [-0.3, -0.25) is 14.8 Å². The van der Waals surface area contributed by atoms with E-state index in [1.807, 2.05) is 0 Å². The topological polar surface area (TPSA) is 91.3 Å². The molecular formula is C19H31IN6O. The fourth-order valence-electron chi connectivity index (χ4n) is 4.26. The van der Waals surface area contributed by atoms with E-state index in [0.717, 1.165) is 17.8 Å². The zero-order valence-electron chi connectivity index (χ0n) is 16.0. The van der Waals surface area contributed by atoms with Crippen LogP contribution in [0.1, 0.15) is 55.4 Å². The summed E-state index contributed by atoms with van der Waals surface area (Å²) in [5.74, 6) is 2.45. The molecule has 2 saturated carbocycles. The van der Waals surface area contributed by atoms with Crippen LogP contribution in [0.25, 0.3) is 0 Å². The molecule has 2 aliphatic rings. The summed E-state index contributed by atoms with van der Waals surface area (Å²) in [5.41, 5.74) is 0.333. The molecule has 150 valence electrons. The van der Waals surface area contributed by atoms with Gasteiger partial charge in [0.1, 0.15) is 5.69 Å². The molecule has 2 fully saturated rings. The number of aromatic nitrogens is 2. The quantitative estimate of drug-likeness (QED) is 0.257. The van der Waals surface area contributed by atoms with Gasteiger partial charge in [0, 0.05) is 38.6 Å². The van der Waals surface area contributed by atoms with Gasteiger partial charge < -0.3 is 16.0 Å². The van der Waals surface area contributed by atoms with Crippen molar-refractivity contribution in [2.45, 2.75) is 51.0 Å². The fourth-order valence-corrected chi connectivity index (χ4v) is 4.26. The second-order valence-electron chi connectivity index (χ2n) is 7.30. The van der Waals surface area contributed by atoms with E-state index in [0.29, 0.717) is 24.8 Å². The van der Waals surface area contributed by atoms with Crippen molar-refractivity contribution in [3.05, 3.63) is 24.3 Å². The van der Waals surface area contributed by atoms with E-state index in [1.165, 1.54) is 57.3 Å². The number of carbonyl (C=O) groups is 1. The molecule has 3 atom stereocenters. The normalized spacial score (nSPS) is 24.9. The van der Waals surface area contributed by atoms with E-state index < -0.39 is 0 Å². The number of rotatable bonds is 5. The van der Waals surface area contributed by atoms with Crippen LogP contribution in [-0.2, 0) is 0 Å². The van der Waals surface area contributed by atoms with Crippen LogP contribution in [0.5, 0.6) is 0 Å². The van der Waals surface area contributed by atoms with Crippen molar-refractivity contribution in [2.75, 3.05) is 20.1 Å². The molecule has 0 aliphatic heterocycles. The molecule has 7 nitrogen and oxygen atoms in total. The maximum atomic E-state index is 11.9. The van der Waals surface area contributed by atoms with Crippen LogP contribution in [0.3, 0.4) is 0 Å². The molecule has 3 N–H and O–H groups in total. The molecule has 0 saturated heterocycles. The zero-order chi connectivity index (χ0) is 18.2. The van der Waals surface area contributed by atoms with Gasteiger partial charge in [-0.05, 0) is 31.1 Å². The molecule has 1 amide bonds. The van der Waals surface area contributed by atoms with Crippen LogP contribution in [0.4, 0.5) is 0 Å². The monoisotopic (exact) mass is 486 g/mol. The minimum atomic E-state index is -0.210. The van der Waals surface area contributed by atoms with Gasteiger partial charge in [-0.25, -0.2) is 4.98 Å². The Bertz CT molecular complexity index is 611. The van der Waals surface area contributed by atoms with Crippen molar-refractivity contribution in [3.63, 3.8) is 0 Å². The zero-order valence-corrected chi connectivity index (χ0v) is 18.3.